The van der Waals surface area contributed by atoms with Crippen molar-refractivity contribution in [1.29, 1.82) is 0 Å². The van der Waals surface area contributed by atoms with Gasteiger partial charge in [-0.15, -0.1) is 0 Å². The number of aliphatic carboxylic acids is 1. The molecule has 0 heterocycles. The van der Waals surface area contributed by atoms with E-state index in [0.29, 0.717) is 17.5 Å². The zero-order chi connectivity index (χ0) is 26.5. The predicted octanol–water partition coefficient (Wildman–Crippen LogP) is 3.47. The Morgan fingerprint density at radius 2 is 1.67 bits per heavy atom. The molecule has 2 aromatic rings. The molecule has 0 spiro atoms. The van der Waals surface area contributed by atoms with Crippen LogP contribution in [0.1, 0.15) is 62.3 Å². The average molecular weight is 495 g/mol. The first-order chi connectivity index (χ1) is 16.9. The minimum atomic E-state index is -1.93. The molecule has 4 N–H and O–H groups in total. The zero-order valence-electron chi connectivity index (χ0n) is 21.0. The van der Waals surface area contributed by atoms with Crippen LogP contribution in [0.25, 0.3) is 0 Å². The number of amides is 2. The molecule has 0 aliphatic heterocycles. The molecular formula is C28H34N2O6. The number of hydrogen-bond acceptors (Lipinski definition) is 6. The van der Waals surface area contributed by atoms with Crippen LogP contribution >= 0.6 is 0 Å². The molecule has 1 aliphatic rings. The molecule has 8 heteroatoms. The molecule has 0 saturated heterocycles. The summed E-state index contributed by atoms with van der Waals surface area (Å²) >= 11 is 0. The number of carboxylic acid groups (broad SMARTS) is 1. The summed E-state index contributed by atoms with van der Waals surface area (Å²) < 4.78 is 5.30. The second-order valence-corrected chi connectivity index (χ2v) is 10.2. The van der Waals surface area contributed by atoms with Gasteiger partial charge in [0, 0.05) is 0 Å². The Morgan fingerprint density at radius 1 is 1.00 bits per heavy atom. The second kappa shape index (κ2) is 11.0. The number of ether oxygens (including phenoxy) is 1. The van der Waals surface area contributed by atoms with Crippen LogP contribution in [0.3, 0.4) is 0 Å². The number of carbonyl (C=O) groups is 4. The Morgan fingerprint density at radius 3 is 2.31 bits per heavy atom. The van der Waals surface area contributed by atoms with Crippen molar-refractivity contribution in [2.45, 2.75) is 76.4 Å². The third-order valence-electron chi connectivity index (χ3n) is 6.32. The lowest BCUT2D eigenvalue weighted by atomic mass is 9.66. The van der Waals surface area contributed by atoms with E-state index in [1.165, 1.54) is 0 Å². The molecule has 3 rings (SSSR count). The summed E-state index contributed by atoms with van der Waals surface area (Å²) in [6, 6.07) is 13.0. The molecule has 0 bridgehead atoms. The summed E-state index contributed by atoms with van der Waals surface area (Å²) in [6.45, 7) is 4.99. The number of carbonyl (C=O) groups excluding carboxylic acids is 3. The zero-order valence-corrected chi connectivity index (χ0v) is 21.0. The smallest absolute Gasteiger partial charge is 0.414 e. The van der Waals surface area contributed by atoms with Crippen molar-refractivity contribution in [3.05, 3.63) is 70.8 Å². The lowest BCUT2D eigenvalue weighted by molar-refractivity contribution is -0.143. The van der Waals surface area contributed by atoms with Crippen molar-refractivity contribution in [3.8, 4) is 0 Å². The lowest BCUT2D eigenvalue weighted by Crippen LogP contribution is -2.59. The molecule has 2 aromatic carbocycles. The summed E-state index contributed by atoms with van der Waals surface area (Å²) in [5, 5.41) is 11.6. The molecule has 2 atom stereocenters. The number of aryl methyl sites for hydroxylation is 1. The first kappa shape index (κ1) is 27.1. The standard InChI is InChI=1S/C28H34N2O6/c1-27(2,3)36-26(35)30-25(34)28(17-18-10-5-4-6-11-18,24(33)22(29)16-23(31)32)21-15-9-13-19-12-7-8-14-20(19)21/h4-6,9-11,13,15,22H,7-8,12,14,16-17,29H2,1-3H3,(H,31,32)(H,30,34,35)/t22-,28?/m1/s1. The van der Waals surface area contributed by atoms with Crippen LogP contribution in [-0.2, 0) is 43.8 Å². The molecule has 0 fully saturated rings. The second-order valence-electron chi connectivity index (χ2n) is 10.2. The number of nitrogens with one attached hydrogen (secondary N) is 1. The third-order valence-corrected chi connectivity index (χ3v) is 6.32. The number of imide groups is 1. The number of fused-ring (bicyclic) bond motifs is 1. The lowest BCUT2D eigenvalue weighted by Gasteiger charge is -2.36. The van der Waals surface area contributed by atoms with E-state index in [2.05, 4.69) is 5.32 Å². The van der Waals surface area contributed by atoms with Gasteiger partial charge in [-0.1, -0.05) is 48.5 Å². The molecule has 0 radical (unpaired) electrons. The van der Waals surface area contributed by atoms with E-state index in [1.807, 2.05) is 12.1 Å². The number of carboxylic acids is 1. The van der Waals surface area contributed by atoms with Crippen LogP contribution in [0.4, 0.5) is 4.79 Å². The van der Waals surface area contributed by atoms with Gasteiger partial charge in [-0.05, 0) is 75.1 Å². The van der Waals surface area contributed by atoms with E-state index >= 15 is 0 Å². The summed E-state index contributed by atoms with van der Waals surface area (Å²) in [7, 11) is 0. The van der Waals surface area contributed by atoms with Crippen molar-refractivity contribution in [1.82, 2.24) is 5.32 Å². The van der Waals surface area contributed by atoms with E-state index < -0.39 is 47.2 Å². The summed E-state index contributed by atoms with van der Waals surface area (Å²) in [6.07, 6.45) is 1.59. The molecule has 36 heavy (non-hydrogen) atoms. The Labute approximate surface area is 211 Å². The van der Waals surface area contributed by atoms with E-state index in [1.54, 1.807) is 57.2 Å². The Bertz CT molecular complexity index is 1140. The van der Waals surface area contributed by atoms with Crippen molar-refractivity contribution in [2.75, 3.05) is 0 Å². The molecule has 2 amide bonds. The van der Waals surface area contributed by atoms with Gasteiger partial charge in [0.2, 0.25) is 5.91 Å². The van der Waals surface area contributed by atoms with Gasteiger partial charge >= 0.3 is 12.1 Å². The maximum Gasteiger partial charge on any atom is 0.414 e. The number of benzene rings is 2. The SMILES string of the molecule is CC(C)(C)OC(=O)NC(=O)C(Cc1ccccc1)(C(=O)[C@H](N)CC(=O)O)c1cccc2c1CCCC2. The van der Waals surface area contributed by atoms with Gasteiger partial charge in [-0.3, -0.25) is 19.7 Å². The average Bonchev–Trinajstić information content (AvgIpc) is 2.80. The number of alkyl carbamates (subject to hydrolysis) is 1. The molecule has 1 unspecified atom stereocenters. The Kier molecular flexibility index (Phi) is 8.30. The summed E-state index contributed by atoms with van der Waals surface area (Å²) in [5.74, 6) is -2.90. The number of hydrogen-bond donors (Lipinski definition) is 3. The summed E-state index contributed by atoms with van der Waals surface area (Å²) in [5.41, 5.74) is 6.33. The highest BCUT2D eigenvalue weighted by atomic mass is 16.6. The minimum absolute atomic E-state index is 0.0922. The van der Waals surface area contributed by atoms with E-state index in [0.717, 1.165) is 30.4 Å². The third kappa shape index (κ3) is 6.18. The van der Waals surface area contributed by atoms with E-state index in [-0.39, 0.29) is 6.42 Å². The first-order valence-corrected chi connectivity index (χ1v) is 12.2. The van der Waals surface area contributed by atoms with Gasteiger partial charge in [-0.2, -0.15) is 0 Å². The minimum Gasteiger partial charge on any atom is -0.481 e. The van der Waals surface area contributed by atoms with Crippen LogP contribution in [0, 0.1) is 0 Å². The predicted molar refractivity (Wildman–Crippen MR) is 135 cm³/mol. The van der Waals surface area contributed by atoms with Crippen LogP contribution in [0.2, 0.25) is 0 Å². The topological polar surface area (TPSA) is 136 Å². The maximum absolute atomic E-state index is 14.1. The van der Waals surface area contributed by atoms with E-state index in [9.17, 15) is 24.3 Å². The number of nitrogens with two attached hydrogens (primary N) is 1. The van der Waals surface area contributed by atoms with Crippen LogP contribution in [0.15, 0.2) is 48.5 Å². The quantitative estimate of drug-likeness (QED) is 0.478. The molecule has 1 aliphatic carbocycles. The largest absolute Gasteiger partial charge is 0.481 e. The van der Waals surface area contributed by atoms with Crippen molar-refractivity contribution >= 4 is 23.8 Å². The molecule has 8 nitrogen and oxygen atoms in total. The van der Waals surface area contributed by atoms with Crippen LogP contribution in [0.5, 0.6) is 0 Å². The van der Waals surface area contributed by atoms with Gasteiger partial charge in [0.05, 0.1) is 12.5 Å². The Balaban J connectivity index is 2.23. The van der Waals surface area contributed by atoms with Gasteiger partial charge in [0.25, 0.3) is 0 Å². The number of ketones is 1. The van der Waals surface area contributed by atoms with Crippen LogP contribution in [-0.4, -0.2) is 40.5 Å². The van der Waals surface area contributed by atoms with Gasteiger partial charge < -0.3 is 15.6 Å². The number of rotatable bonds is 8. The van der Waals surface area contributed by atoms with Gasteiger partial charge in [0.1, 0.15) is 11.0 Å². The van der Waals surface area contributed by atoms with Gasteiger partial charge in [0.15, 0.2) is 5.78 Å². The number of Topliss-reactive ketones (excluding diaryl/α,β-unsaturated/α-hetero) is 1. The molecular weight excluding hydrogens is 460 g/mol. The van der Waals surface area contributed by atoms with Gasteiger partial charge in [-0.25, -0.2) is 4.79 Å². The highest BCUT2D eigenvalue weighted by Gasteiger charge is 2.51. The molecule has 0 aromatic heterocycles. The molecule has 192 valence electrons. The first-order valence-electron chi connectivity index (χ1n) is 12.2. The normalized spacial score (nSPS) is 15.7. The fourth-order valence-electron chi connectivity index (χ4n) is 4.81. The molecule has 0 saturated carbocycles. The van der Waals surface area contributed by atoms with Crippen molar-refractivity contribution < 1.29 is 29.0 Å². The van der Waals surface area contributed by atoms with E-state index in [4.69, 9.17) is 10.5 Å². The summed E-state index contributed by atoms with van der Waals surface area (Å²) in [4.78, 5) is 52.3. The monoisotopic (exact) mass is 494 g/mol. The van der Waals surface area contributed by atoms with Crippen molar-refractivity contribution in [3.63, 3.8) is 0 Å². The highest BCUT2D eigenvalue weighted by molar-refractivity contribution is 6.17. The Hall–Kier alpha value is -3.52. The fraction of sp³-hybridized carbons (Fsp3) is 0.429. The fourth-order valence-corrected chi connectivity index (χ4v) is 4.81. The highest BCUT2D eigenvalue weighted by Crippen LogP contribution is 2.38. The van der Waals surface area contributed by atoms with Crippen molar-refractivity contribution in [2.24, 2.45) is 5.73 Å². The maximum atomic E-state index is 14.1. The van der Waals surface area contributed by atoms with Crippen LogP contribution < -0.4 is 11.1 Å².